The van der Waals surface area contributed by atoms with Crippen LogP contribution in [0.15, 0.2) is 41.4 Å². The zero-order valence-electron chi connectivity index (χ0n) is 21.7. The van der Waals surface area contributed by atoms with E-state index >= 15 is 0 Å². The van der Waals surface area contributed by atoms with Crippen LogP contribution in [0, 0.1) is 5.92 Å². The lowest BCUT2D eigenvalue weighted by atomic mass is 9.84. The van der Waals surface area contributed by atoms with E-state index in [-0.39, 0.29) is 16.9 Å². The number of sulfonamides is 1. The number of morpholine rings is 1. The van der Waals surface area contributed by atoms with Crippen molar-refractivity contribution in [2.24, 2.45) is 5.92 Å². The number of nitrogens with zero attached hydrogens (tertiary/aromatic N) is 3. The van der Waals surface area contributed by atoms with Crippen LogP contribution in [0.1, 0.15) is 38.5 Å². The molecule has 0 radical (unpaired) electrons. The maximum atomic E-state index is 13.2. The number of nitrogens with one attached hydrogen (secondary N) is 1. The number of pyridine rings is 1. The number of hydrogen-bond donors (Lipinski definition) is 1. The van der Waals surface area contributed by atoms with E-state index < -0.39 is 15.9 Å². The van der Waals surface area contributed by atoms with Crippen LogP contribution in [0.5, 0.6) is 5.75 Å². The molecule has 1 aromatic heterocycles. The molecule has 212 valence electrons. The maximum Gasteiger partial charge on any atom is 0.267 e. The summed E-state index contributed by atoms with van der Waals surface area (Å²) in [5, 5.41) is 0.994. The summed E-state index contributed by atoms with van der Waals surface area (Å²) in [4.78, 5) is 21.7. The zero-order valence-corrected chi connectivity index (χ0v) is 24.1. The highest BCUT2D eigenvalue weighted by molar-refractivity contribution is 7.90. The number of likely N-dealkylation sites (tertiary alicyclic amines) is 1. The van der Waals surface area contributed by atoms with E-state index in [1.54, 1.807) is 24.4 Å². The van der Waals surface area contributed by atoms with Crippen LogP contribution < -0.4 is 14.4 Å². The highest BCUT2D eigenvalue weighted by Gasteiger charge is 2.34. The molecule has 1 amide bonds. The SMILES string of the molecule is O=C(NS(=O)(=O)c1cccnc1N1CCOCC1)C1CCC(N2CCC(Oc3ccc(Cl)c(Cl)c3)CC2)CC1. The number of halogens is 2. The topological polar surface area (TPSA) is 101 Å². The van der Waals surface area contributed by atoms with Crippen LogP contribution in [0.25, 0.3) is 0 Å². The van der Waals surface area contributed by atoms with Gasteiger partial charge in [-0.05, 0) is 62.8 Å². The van der Waals surface area contributed by atoms with Crippen molar-refractivity contribution in [1.82, 2.24) is 14.6 Å². The first kappa shape index (κ1) is 28.4. The Kier molecular flexibility index (Phi) is 9.18. The van der Waals surface area contributed by atoms with Crippen molar-refractivity contribution in [2.75, 3.05) is 44.3 Å². The Balaban J connectivity index is 1.10. The molecule has 0 unspecified atom stereocenters. The highest BCUT2D eigenvalue weighted by Crippen LogP contribution is 2.32. The van der Waals surface area contributed by atoms with E-state index in [4.69, 9.17) is 32.7 Å². The van der Waals surface area contributed by atoms with E-state index in [0.717, 1.165) is 44.5 Å². The molecule has 1 saturated carbocycles. The fourth-order valence-corrected chi connectivity index (χ4v) is 7.19. The minimum Gasteiger partial charge on any atom is -0.490 e. The zero-order chi connectivity index (χ0) is 27.4. The number of carbonyl (C=O) groups excluding carboxylic acids is 1. The molecule has 1 N–H and O–H groups in total. The van der Waals surface area contributed by atoms with Gasteiger partial charge in [-0.3, -0.25) is 4.79 Å². The number of ether oxygens (including phenoxy) is 2. The van der Waals surface area contributed by atoms with Gasteiger partial charge in [-0.25, -0.2) is 18.1 Å². The summed E-state index contributed by atoms with van der Waals surface area (Å²) in [5.41, 5.74) is 0. The molecule has 39 heavy (non-hydrogen) atoms. The molecule has 1 aliphatic carbocycles. The fraction of sp³-hybridized carbons (Fsp3) is 0.556. The van der Waals surface area contributed by atoms with Gasteiger partial charge in [0.15, 0.2) is 0 Å². The van der Waals surface area contributed by atoms with Crippen LogP contribution in [0.2, 0.25) is 10.0 Å². The molecule has 2 aliphatic heterocycles. The normalized spacial score (nSPS) is 23.4. The Morgan fingerprint density at radius 1 is 0.974 bits per heavy atom. The van der Waals surface area contributed by atoms with Crippen molar-refractivity contribution >= 4 is 45.0 Å². The Morgan fingerprint density at radius 3 is 2.38 bits per heavy atom. The number of carbonyl (C=O) groups is 1. The first-order valence-corrected chi connectivity index (χ1v) is 15.7. The van der Waals surface area contributed by atoms with Crippen molar-refractivity contribution in [2.45, 2.75) is 55.6 Å². The molecular formula is C27H34Cl2N4O5S. The molecule has 0 bridgehead atoms. The average Bonchev–Trinajstić information content (AvgIpc) is 2.96. The standard InChI is InChI=1S/C27H34Cl2N4O5S/c28-23-8-7-22(18-24(23)29)38-21-9-12-32(13-10-21)20-5-3-19(4-6-20)27(34)31-39(35,36)25-2-1-11-30-26(25)33-14-16-37-17-15-33/h1-2,7-8,11,18-21H,3-6,9-10,12-17H2,(H,31,34). The lowest BCUT2D eigenvalue weighted by Gasteiger charge is -2.40. The largest absolute Gasteiger partial charge is 0.490 e. The third kappa shape index (κ3) is 6.97. The van der Waals surface area contributed by atoms with E-state index in [2.05, 4.69) is 14.6 Å². The van der Waals surface area contributed by atoms with Gasteiger partial charge in [0, 0.05) is 50.4 Å². The average molecular weight is 598 g/mol. The summed E-state index contributed by atoms with van der Waals surface area (Å²) in [6, 6.07) is 8.80. The second-order valence-corrected chi connectivity index (χ2v) is 12.8. The minimum absolute atomic E-state index is 0.0277. The number of benzene rings is 1. The van der Waals surface area contributed by atoms with Crippen LogP contribution in [-0.4, -0.2) is 75.7 Å². The molecule has 0 atom stereocenters. The first-order valence-electron chi connectivity index (χ1n) is 13.5. The van der Waals surface area contributed by atoms with E-state index in [1.165, 1.54) is 6.07 Å². The minimum atomic E-state index is -4.04. The van der Waals surface area contributed by atoms with Crippen LogP contribution >= 0.6 is 23.2 Å². The maximum absolute atomic E-state index is 13.2. The number of amides is 1. The van der Waals surface area contributed by atoms with Gasteiger partial charge < -0.3 is 19.3 Å². The summed E-state index contributed by atoms with van der Waals surface area (Å²) in [7, 11) is -4.04. The van der Waals surface area contributed by atoms with Crippen LogP contribution in [0.4, 0.5) is 5.82 Å². The second-order valence-electron chi connectivity index (χ2n) is 10.3. The molecule has 12 heteroatoms. The van der Waals surface area contributed by atoms with Crippen molar-refractivity contribution in [3.8, 4) is 5.75 Å². The smallest absolute Gasteiger partial charge is 0.267 e. The highest BCUT2D eigenvalue weighted by atomic mass is 35.5. The van der Waals surface area contributed by atoms with Crippen molar-refractivity contribution in [1.29, 1.82) is 0 Å². The van der Waals surface area contributed by atoms with E-state index in [9.17, 15) is 13.2 Å². The molecule has 3 heterocycles. The second kappa shape index (κ2) is 12.6. The lowest BCUT2D eigenvalue weighted by molar-refractivity contribution is -0.124. The number of anilines is 1. The Labute approximate surface area is 239 Å². The van der Waals surface area contributed by atoms with Gasteiger partial charge in [-0.15, -0.1) is 0 Å². The van der Waals surface area contributed by atoms with Gasteiger partial charge in [0.25, 0.3) is 10.0 Å². The Bertz CT molecular complexity index is 1260. The van der Waals surface area contributed by atoms with Gasteiger partial charge >= 0.3 is 0 Å². The summed E-state index contributed by atoms with van der Waals surface area (Å²) >= 11 is 12.1. The van der Waals surface area contributed by atoms with Crippen molar-refractivity contribution in [3.05, 3.63) is 46.6 Å². The van der Waals surface area contributed by atoms with E-state index in [1.807, 2.05) is 11.0 Å². The quantitative estimate of drug-likeness (QED) is 0.509. The monoisotopic (exact) mass is 596 g/mol. The van der Waals surface area contributed by atoms with Gasteiger partial charge in [0.05, 0.1) is 23.3 Å². The van der Waals surface area contributed by atoms with Crippen molar-refractivity contribution in [3.63, 3.8) is 0 Å². The molecule has 5 rings (SSSR count). The van der Waals surface area contributed by atoms with Gasteiger partial charge in [-0.2, -0.15) is 0 Å². The molecule has 2 aromatic rings. The van der Waals surface area contributed by atoms with Crippen LogP contribution in [-0.2, 0) is 19.6 Å². The Hall–Kier alpha value is -2.11. The van der Waals surface area contributed by atoms with Gasteiger partial charge in [-0.1, -0.05) is 23.2 Å². The molecule has 2 saturated heterocycles. The summed E-state index contributed by atoms with van der Waals surface area (Å²) in [5.74, 6) is 0.332. The third-order valence-electron chi connectivity index (χ3n) is 7.84. The molecule has 3 fully saturated rings. The number of aromatic nitrogens is 1. The number of piperidine rings is 1. The summed E-state index contributed by atoms with van der Waals surface area (Å²) in [6.45, 7) is 3.97. The Morgan fingerprint density at radius 2 is 1.69 bits per heavy atom. The molecule has 1 aromatic carbocycles. The predicted octanol–water partition coefficient (Wildman–Crippen LogP) is 4.13. The lowest BCUT2D eigenvalue weighted by Crippen LogP contribution is -2.47. The number of rotatable bonds is 7. The first-order chi connectivity index (χ1) is 18.8. The van der Waals surface area contributed by atoms with Gasteiger partial charge in [0.2, 0.25) is 5.91 Å². The summed E-state index contributed by atoms with van der Waals surface area (Å²) in [6.07, 6.45) is 6.57. The molecule has 9 nitrogen and oxygen atoms in total. The number of hydrogen-bond acceptors (Lipinski definition) is 8. The third-order valence-corrected chi connectivity index (χ3v) is 9.95. The molecule has 0 spiro atoms. The summed E-state index contributed by atoms with van der Waals surface area (Å²) < 4.78 is 40.2. The van der Waals surface area contributed by atoms with E-state index in [0.29, 0.717) is 61.0 Å². The molecular weight excluding hydrogens is 563 g/mol. The fourth-order valence-electron chi connectivity index (χ4n) is 5.68. The van der Waals surface area contributed by atoms with Gasteiger partial charge in [0.1, 0.15) is 22.6 Å². The van der Waals surface area contributed by atoms with Crippen molar-refractivity contribution < 1.29 is 22.7 Å². The van der Waals surface area contributed by atoms with Crippen LogP contribution in [0.3, 0.4) is 0 Å². The predicted molar refractivity (Wildman–Crippen MR) is 150 cm³/mol. The molecule has 3 aliphatic rings.